The Labute approximate surface area is 250 Å². The van der Waals surface area contributed by atoms with Crippen molar-refractivity contribution in [3.63, 3.8) is 0 Å². The van der Waals surface area contributed by atoms with Gasteiger partial charge in [-0.1, -0.05) is 43.7 Å². The van der Waals surface area contributed by atoms with Crippen LogP contribution >= 0.6 is 0 Å². The number of methoxy groups -OCH3 is 1. The van der Waals surface area contributed by atoms with E-state index in [0.29, 0.717) is 36.6 Å². The van der Waals surface area contributed by atoms with Crippen LogP contribution in [0.15, 0.2) is 72.8 Å². The van der Waals surface area contributed by atoms with E-state index < -0.39 is 12.1 Å². The lowest BCUT2D eigenvalue weighted by Crippen LogP contribution is -2.44. The molecule has 3 heterocycles. The van der Waals surface area contributed by atoms with E-state index in [1.807, 2.05) is 48.5 Å². The lowest BCUT2D eigenvalue weighted by molar-refractivity contribution is -0.120. The number of hydrogen-bond donors (Lipinski definition) is 2. The molecule has 9 heteroatoms. The first-order chi connectivity index (χ1) is 21.0. The van der Waals surface area contributed by atoms with E-state index in [2.05, 4.69) is 17.2 Å². The molecule has 1 saturated heterocycles. The number of urea groups is 1. The molecule has 2 aliphatic rings. The maximum Gasteiger partial charge on any atom is 0.332 e. The molecular formula is C34H36N4O5. The van der Waals surface area contributed by atoms with Crippen molar-refractivity contribution >= 4 is 34.4 Å². The summed E-state index contributed by atoms with van der Waals surface area (Å²) in [6, 6.07) is 20.7. The Morgan fingerprint density at radius 1 is 0.977 bits per heavy atom. The summed E-state index contributed by atoms with van der Waals surface area (Å²) < 4.78 is 10.9. The van der Waals surface area contributed by atoms with Gasteiger partial charge in [0, 0.05) is 48.3 Å². The van der Waals surface area contributed by atoms with Crippen LogP contribution in [0.4, 0.5) is 10.5 Å². The van der Waals surface area contributed by atoms with Gasteiger partial charge in [-0.05, 0) is 66.4 Å². The van der Waals surface area contributed by atoms with E-state index in [1.165, 1.54) is 4.90 Å². The Hall–Kier alpha value is -4.63. The van der Waals surface area contributed by atoms with Gasteiger partial charge in [0.2, 0.25) is 0 Å². The number of fused-ring (bicyclic) bond motifs is 4. The fourth-order valence-corrected chi connectivity index (χ4v) is 6.03. The van der Waals surface area contributed by atoms with E-state index in [-0.39, 0.29) is 17.8 Å². The number of imide groups is 1. The molecule has 0 saturated carbocycles. The minimum atomic E-state index is -0.658. The van der Waals surface area contributed by atoms with Crippen molar-refractivity contribution in [2.45, 2.75) is 44.7 Å². The third kappa shape index (κ3) is 5.36. The highest BCUT2D eigenvalue weighted by molar-refractivity contribution is 6.22. The maximum absolute atomic E-state index is 14.1. The van der Waals surface area contributed by atoms with Crippen LogP contribution in [0.5, 0.6) is 5.75 Å². The second-order valence-corrected chi connectivity index (χ2v) is 10.9. The number of anilines is 1. The second-order valence-electron chi connectivity index (χ2n) is 10.9. The van der Waals surface area contributed by atoms with Crippen molar-refractivity contribution in [1.29, 1.82) is 0 Å². The fourth-order valence-electron chi connectivity index (χ4n) is 6.03. The summed E-state index contributed by atoms with van der Waals surface area (Å²) in [5.41, 5.74) is 4.71. The van der Waals surface area contributed by atoms with E-state index in [1.54, 1.807) is 36.3 Å². The van der Waals surface area contributed by atoms with Crippen molar-refractivity contribution in [3.05, 3.63) is 95.2 Å². The van der Waals surface area contributed by atoms with Gasteiger partial charge in [-0.3, -0.25) is 14.5 Å². The third-order valence-electron chi connectivity index (χ3n) is 8.26. The Balaban J connectivity index is 1.24. The molecule has 2 aliphatic heterocycles. The lowest BCUT2D eigenvalue weighted by Gasteiger charge is -2.36. The largest absolute Gasteiger partial charge is 0.497 e. The third-order valence-corrected chi connectivity index (χ3v) is 8.26. The SMILES string of the molecule is CCCCOCCCNC(=O)c1ccc(N2C(=O)C3Cc4c([nH]c5ccccc45)C(c4ccc(OC)cc4)N3C2=O)cc1. The molecule has 3 aromatic carbocycles. The number of para-hydroxylation sites is 1. The smallest absolute Gasteiger partial charge is 0.332 e. The number of unbranched alkanes of at least 4 members (excludes halogenated alkanes) is 1. The molecule has 4 aromatic rings. The van der Waals surface area contributed by atoms with E-state index in [0.717, 1.165) is 53.6 Å². The molecule has 222 valence electrons. The molecule has 2 unspecified atom stereocenters. The number of benzene rings is 3. The van der Waals surface area contributed by atoms with Crippen molar-refractivity contribution in [2.75, 3.05) is 31.8 Å². The first-order valence-corrected chi connectivity index (χ1v) is 14.9. The highest BCUT2D eigenvalue weighted by atomic mass is 16.5. The number of carbonyl (C=O) groups is 3. The van der Waals surface area contributed by atoms with Crippen molar-refractivity contribution in [3.8, 4) is 5.75 Å². The summed E-state index contributed by atoms with van der Waals surface area (Å²) in [5.74, 6) is 0.226. The van der Waals surface area contributed by atoms with Gasteiger partial charge >= 0.3 is 6.03 Å². The molecule has 43 heavy (non-hydrogen) atoms. The number of hydrogen-bond acceptors (Lipinski definition) is 5. The number of nitrogens with zero attached hydrogens (tertiary/aromatic N) is 2. The predicted molar refractivity (Wildman–Crippen MR) is 164 cm³/mol. The van der Waals surface area contributed by atoms with E-state index in [4.69, 9.17) is 9.47 Å². The molecule has 6 rings (SSSR count). The van der Waals surface area contributed by atoms with E-state index in [9.17, 15) is 14.4 Å². The number of carbonyl (C=O) groups excluding carboxylic acids is 3. The van der Waals surface area contributed by atoms with Crippen LogP contribution in [-0.4, -0.2) is 60.6 Å². The minimum absolute atomic E-state index is 0.207. The molecule has 0 radical (unpaired) electrons. The average Bonchev–Trinajstić information content (AvgIpc) is 3.53. The van der Waals surface area contributed by atoms with Crippen LogP contribution in [0.2, 0.25) is 0 Å². The Morgan fingerprint density at radius 2 is 1.72 bits per heavy atom. The molecule has 1 aromatic heterocycles. The van der Waals surface area contributed by atoms with E-state index >= 15 is 0 Å². The molecule has 0 bridgehead atoms. The quantitative estimate of drug-likeness (QED) is 0.178. The molecule has 1 fully saturated rings. The average molecular weight is 581 g/mol. The maximum atomic E-state index is 14.1. The monoisotopic (exact) mass is 580 g/mol. The van der Waals surface area contributed by atoms with Gasteiger partial charge in [0.25, 0.3) is 11.8 Å². The van der Waals surface area contributed by atoms with Crippen molar-refractivity contribution in [2.24, 2.45) is 0 Å². The normalized spacial score (nSPS) is 17.7. The number of amides is 4. The Morgan fingerprint density at radius 3 is 2.47 bits per heavy atom. The van der Waals surface area contributed by atoms with Gasteiger partial charge in [-0.2, -0.15) is 0 Å². The molecule has 4 amide bonds. The van der Waals surface area contributed by atoms with Crippen LogP contribution in [0.3, 0.4) is 0 Å². The topological polar surface area (TPSA) is 104 Å². The summed E-state index contributed by atoms with van der Waals surface area (Å²) in [4.78, 5) is 47.1. The zero-order chi connectivity index (χ0) is 29.9. The zero-order valence-electron chi connectivity index (χ0n) is 24.5. The number of nitrogens with one attached hydrogen (secondary N) is 2. The summed E-state index contributed by atoms with van der Waals surface area (Å²) in [7, 11) is 1.61. The van der Waals surface area contributed by atoms with Crippen LogP contribution in [0.25, 0.3) is 10.9 Å². The summed E-state index contributed by atoms with van der Waals surface area (Å²) in [5, 5.41) is 3.96. The lowest BCUT2D eigenvalue weighted by atomic mass is 9.89. The summed E-state index contributed by atoms with van der Waals surface area (Å²) in [6.45, 7) is 3.97. The highest BCUT2D eigenvalue weighted by Crippen LogP contribution is 2.45. The molecule has 0 aliphatic carbocycles. The van der Waals surface area contributed by atoms with Crippen LogP contribution in [0, 0.1) is 0 Å². The second kappa shape index (κ2) is 12.3. The molecule has 0 spiro atoms. The fraction of sp³-hybridized carbons (Fsp3) is 0.324. The standard InChI is InChI=1S/C34H36N4O5/c1-3-4-19-43-20-7-18-35-32(39)23-10-14-24(15-11-23)37-33(40)29-21-27-26-8-5-6-9-28(26)36-30(27)31(38(29)34(37)41)22-12-16-25(42-2)17-13-22/h5-6,8-17,29,31,36H,3-4,7,18-21H2,1-2H3,(H,35,39). The summed E-state index contributed by atoms with van der Waals surface area (Å²) >= 11 is 0. The molecule has 2 N–H and O–H groups in total. The Bertz CT molecular complexity index is 1630. The first-order valence-electron chi connectivity index (χ1n) is 14.9. The van der Waals surface area contributed by atoms with Gasteiger partial charge in [0.15, 0.2) is 0 Å². The Kier molecular flexibility index (Phi) is 8.16. The van der Waals surface area contributed by atoms with Crippen LogP contribution in [0.1, 0.15) is 59.4 Å². The number of H-pyrrole nitrogens is 1. The number of rotatable bonds is 11. The molecule has 2 atom stereocenters. The number of ether oxygens (including phenoxy) is 2. The van der Waals surface area contributed by atoms with Crippen LogP contribution in [-0.2, 0) is 16.0 Å². The summed E-state index contributed by atoms with van der Waals surface area (Å²) in [6.07, 6.45) is 3.27. The van der Waals surface area contributed by atoms with Gasteiger partial charge in [-0.15, -0.1) is 0 Å². The predicted octanol–water partition coefficient (Wildman–Crippen LogP) is 5.60. The zero-order valence-corrected chi connectivity index (χ0v) is 24.5. The molecule has 9 nitrogen and oxygen atoms in total. The molecular weight excluding hydrogens is 544 g/mol. The van der Waals surface area contributed by atoms with Crippen molar-refractivity contribution in [1.82, 2.24) is 15.2 Å². The van der Waals surface area contributed by atoms with Gasteiger partial charge in [-0.25, -0.2) is 9.69 Å². The van der Waals surface area contributed by atoms with Gasteiger partial charge < -0.3 is 19.8 Å². The first kappa shape index (κ1) is 28.5. The van der Waals surface area contributed by atoms with Gasteiger partial charge in [0.1, 0.15) is 17.8 Å². The highest BCUT2D eigenvalue weighted by Gasteiger charge is 2.53. The number of aromatic amines is 1. The minimum Gasteiger partial charge on any atom is -0.497 e. The van der Waals surface area contributed by atoms with Gasteiger partial charge in [0.05, 0.1) is 12.8 Å². The van der Waals surface area contributed by atoms with Crippen molar-refractivity contribution < 1.29 is 23.9 Å². The van der Waals surface area contributed by atoms with Crippen LogP contribution < -0.4 is 15.0 Å². The number of aromatic nitrogens is 1.